The first-order valence-electron chi connectivity index (χ1n) is 7.87. The van der Waals surface area contributed by atoms with Crippen molar-refractivity contribution in [3.05, 3.63) is 0 Å². The Morgan fingerprint density at radius 2 is 1.20 bits per heavy atom. The standard InChI is InChI=1S/C14H27Cl3O.2Na.H2O4S/c1-2-3-4-5-6-7-8-9-10-11-13(18)12-14(15,16)17;;;1-5(2,3)4/h13,18H,2-12H2,1H3;;;(H2,1,2,3,4)/q;2*+1;/p-2. The van der Waals surface area contributed by atoms with E-state index in [1.807, 2.05) is 0 Å². The monoisotopic (exact) mass is 458 g/mol. The summed E-state index contributed by atoms with van der Waals surface area (Å²) in [6.45, 7) is 2.24. The Kier molecular flexibility index (Phi) is 30.1. The molecule has 25 heavy (non-hydrogen) atoms. The van der Waals surface area contributed by atoms with Gasteiger partial charge < -0.3 is 14.2 Å². The molecule has 0 aromatic carbocycles. The van der Waals surface area contributed by atoms with Crippen LogP contribution in [0.5, 0.6) is 0 Å². The van der Waals surface area contributed by atoms with Crippen molar-refractivity contribution in [1.29, 1.82) is 0 Å². The van der Waals surface area contributed by atoms with E-state index < -0.39 is 20.3 Å². The van der Waals surface area contributed by atoms with Crippen LogP contribution in [0.4, 0.5) is 0 Å². The Bertz CT molecular complexity index is 360. The third-order valence-corrected chi connectivity index (χ3v) is 3.57. The molecule has 0 radical (unpaired) electrons. The molecule has 0 spiro atoms. The molecule has 0 saturated carbocycles. The molecular formula is C14H27Cl3Na2O5S. The van der Waals surface area contributed by atoms with Crippen molar-refractivity contribution in [3.63, 3.8) is 0 Å². The summed E-state index contributed by atoms with van der Waals surface area (Å²) in [4.78, 5) is 0. The van der Waals surface area contributed by atoms with Gasteiger partial charge in [-0.1, -0.05) is 99.5 Å². The molecule has 1 N–H and O–H groups in total. The fourth-order valence-electron chi connectivity index (χ4n) is 2.06. The van der Waals surface area contributed by atoms with Crippen LogP contribution < -0.4 is 59.1 Å². The van der Waals surface area contributed by atoms with Gasteiger partial charge in [-0.05, 0) is 6.42 Å². The third-order valence-electron chi connectivity index (χ3n) is 3.11. The molecule has 0 heterocycles. The molecule has 0 aromatic rings. The molecule has 0 bridgehead atoms. The summed E-state index contributed by atoms with van der Waals surface area (Å²) in [6, 6.07) is 0. The topological polar surface area (TPSA) is 100 Å². The summed E-state index contributed by atoms with van der Waals surface area (Å²) in [6.07, 6.45) is 12.0. The second-order valence-electron chi connectivity index (χ2n) is 5.50. The summed E-state index contributed by atoms with van der Waals surface area (Å²) in [7, 11) is -5.17. The molecule has 0 rings (SSSR count). The zero-order chi connectivity index (χ0) is 18.4. The molecule has 0 fully saturated rings. The Morgan fingerprint density at radius 3 is 1.52 bits per heavy atom. The van der Waals surface area contributed by atoms with Gasteiger partial charge in [-0.15, -0.1) is 0 Å². The van der Waals surface area contributed by atoms with Crippen molar-refractivity contribution in [1.82, 2.24) is 0 Å². The van der Waals surface area contributed by atoms with Gasteiger partial charge in [-0.3, -0.25) is 8.42 Å². The summed E-state index contributed by atoms with van der Waals surface area (Å²) in [5, 5.41) is 9.63. The van der Waals surface area contributed by atoms with Crippen molar-refractivity contribution >= 4 is 45.2 Å². The van der Waals surface area contributed by atoms with Crippen LogP contribution in [-0.2, 0) is 10.4 Å². The average Bonchev–Trinajstić information content (AvgIpc) is 2.32. The number of unbranched alkanes of at least 4 members (excludes halogenated alkanes) is 8. The first-order valence-corrected chi connectivity index (χ1v) is 10.3. The van der Waals surface area contributed by atoms with Crippen molar-refractivity contribution < 1.29 is 81.7 Å². The van der Waals surface area contributed by atoms with E-state index >= 15 is 0 Å². The number of rotatable bonds is 11. The second-order valence-corrected chi connectivity index (χ2v) is 8.83. The summed E-state index contributed by atoms with van der Waals surface area (Å²) in [5.41, 5.74) is 0. The Morgan fingerprint density at radius 1 is 0.880 bits per heavy atom. The molecule has 1 atom stereocenters. The van der Waals surface area contributed by atoms with Crippen molar-refractivity contribution in [2.75, 3.05) is 0 Å². The van der Waals surface area contributed by atoms with Crippen LogP contribution in [0.3, 0.4) is 0 Å². The predicted molar refractivity (Wildman–Crippen MR) is 93.2 cm³/mol. The molecular weight excluding hydrogens is 433 g/mol. The number of alkyl halides is 3. The predicted octanol–water partition coefficient (Wildman–Crippen LogP) is -1.30. The van der Waals surface area contributed by atoms with Gasteiger partial charge in [0.1, 0.15) is 0 Å². The van der Waals surface area contributed by atoms with Crippen LogP contribution in [0.1, 0.15) is 77.6 Å². The first-order chi connectivity index (χ1) is 10.5. The molecule has 142 valence electrons. The maximum Gasteiger partial charge on any atom is 1.00 e. The van der Waals surface area contributed by atoms with E-state index in [1.165, 1.54) is 51.4 Å². The van der Waals surface area contributed by atoms with Gasteiger partial charge >= 0.3 is 59.1 Å². The molecule has 1 unspecified atom stereocenters. The molecule has 0 saturated heterocycles. The van der Waals surface area contributed by atoms with Crippen molar-refractivity contribution in [2.24, 2.45) is 0 Å². The van der Waals surface area contributed by atoms with Crippen molar-refractivity contribution in [2.45, 2.75) is 87.4 Å². The van der Waals surface area contributed by atoms with Crippen LogP contribution in [0, 0.1) is 0 Å². The van der Waals surface area contributed by atoms with E-state index in [1.54, 1.807) is 0 Å². The number of aliphatic hydroxyl groups excluding tert-OH is 1. The second kappa shape index (κ2) is 21.4. The van der Waals surface area contributed by atoms with Crippen LogP contribution >= 0.6 is 34.8 Å². The molecule has 0 aliphatic heterocycles. The van der Waals surface area contributed by atoms with Gasteiger partial charge in [0.05, 0.1) is 6.10 Å². The average molecular weight is 460 g/mol. The fourth-order valence-corrected chi connectivity index (χ4v) is 2.59. The number of halogens is 3. The van der Waals surface area contributed by atoms with Gasteiger partial charge in [0.25, 0.3) is 0 Å². The van der Waals surface area contributed by atoms with Gasteiger partial charge in [0, 0.05) is 16.8 Å². The van der Waals surface area contributed by atoms with Crippen LogP contribution in [0.15, 0.2) is 0 Å². The van der Waals surface area contributed by atoms with Gasteiger partial charge in [-0.2, -0.15) is 0 Å². The molecule has 0 aliphatic carbocycles. The normalized spacial score (nSPS) is 12.3. The molecule has 0 aliphatic rings. The van der Waals surface area contributed by atoms with Gasteiger partial charge in [-0.25, -0.2) is 0 Å². The smallest absolute Gasteiger partial charge is 0.759 e. The maximum atomic E-state index is 9.63. The van der Waals surface area contributed by atoms with Crippen LogP contribution in [-0.4, -0.2) is 32.5 Å². The van der Waals surface area contributed by atoms with E-state index in [-0.39, 0.29) is 65.5 Å². The quantitative estimate of drug-likeness (QED) is 0.136. The minimum atomic E-state index is -5.17. The Balaban J connectivity index is -0.000000276. The molecule has 0 aromatic heterocycles. The van der Waals surface area contributed by atoms with E-state index in [2.05, 4.69) is 6.92 Å². The first kappa shape index (κ1) is 35.2. The minimum Gasteiger partial charge on any atom is -0.759 e. The van der Waals surface area contributed by atoms with Crippen LogP contribution in [0.2, 0.25) is 0 Å². The molecule has 11 heteroatoms. The minimum absolute atomic E-state index is 0. The third kappa shape index (κ3) is 46.6. The molecule has 0 amide bonds. The zero-order valence-electron chi connectivity index (χ0n) is 15.5. The summed E-state index contributed by atoms with van der Waals surface area (Å²) >= 11 is 16.9. The largest absolute Gasteiger partial charge is 1.00 e. The zero-order valence-corrected chi connectivity index (χ0v) is 22.6. The number of hydrogen-bond acceptors (Lipinski definition) is 5. The van der Waals surface area contributed by atoms with Gasteiger partial charge in [0.2, 0.25) is 0 Å². The van der Waals surface area contributed by atoms with Crippen molar-refractivity contribution in [3.8, 4) is 0 Å². The van der Waals surface area contributed by atoms with Crippen LogP contribution in [0.25, 0.3) is 0 Å². The maximum absolute atomic E-state index is 9.63. The summed E-state index contributed by atoms with van der Waals surface area (Å²) in [5.74, 6) is 0. The number of hydrogen-bond donors (Lipinski definition) is 1. The van der Waals surface area contributed by atoms with Gasteiger partial charge in [0.15, 0.2) is 3.79 Å². The van der Waals surface area contributed by atoms with E-state index in [4.69, 9.17) is 52.3 Å². The van der Waals surface area contributed by atoms with E-state index in [9.17, 15) is 5.11 Å². The summed E-state index contributed by atoms with van der Waals surface area (Å²) < 4.78 is 32.8. The van der Waals surface area contributed by atoms with E-state index in [0.29, 0.717) is 0 Å². The van der Waals surface area contributed by atoms with E-state index in [0.717, 1.165) is 12.8 Å². The Hall–Kier alpha value is 2.70. The SMILES string of the molecule is CCCCCCCCCCCC(O)CC(Cl)(Cl)Cl.O=S(=O)([O-])[O-].[Na+].[Na+]. The fraction of sp³-hybridized carbons (Fsp3) is 1.00. The Labute approximate surface area is 212 Å². The number of aliphatic hydroxyl groups is 1. The molecule has 5 nitrogen and oxygen atoms in total.